The molecule has 1 fully saturated rings. The van der Waals surface area contributed by atoms with E-state index in [0.29, 0.717) is 28.1 Å². The van der Waals surface area contributed by atoms with E-state index < -0.39 is 12.7 Å². The summed E-state index contributed by atoms with van der Waals surface area (Å²) in [6, 6.07) is 17.2. The number of nitrogens with one attached hydrogen (secondary N) is 1. The van der Waals surface area contributed by atoms with Crippen LogP contribution in [0.5, 0.6) is 0 Å². The lowest BCUT2D eigenvalue weighted by Gasteiger charge is -2.14. The van der Waals surface area contributed by atoms with E-state index >= 15 is 0 Å². The highest BCUT2D eigenvalue weighted by Gasteiger charge is 2.27. The molecule has 9 heteroatoms. The van der Waals surface area contributed by atoms with E-state index in [4.69, 9.17) is 0 Å². The number of fused-ring (bicyclic) bond motifs is 2. The predicted molar refractivity (Wildman–Crippen MR) is 137 cm³/mol. The van der Waals surface area contributed by atoms with Gasteiger partial charge in [0.25, 0.3) is 5.56 Å². The first-order valence-electron chi connectivity index (χ1n) is 12.0. The number of benzene rings is 2. The highest BCUT2D eigenvalue weighted by molar-refractivity contribution is 5.93. The fourth-order valence-electron chi connectivity index (χ4n) is 4.53. The van der Waals surface area contributed by atoms with E-state index in [1.165, 1.54) is 16.3 Å². The summed E-state index contributed by atoms with van der Waals surface area (Å²) in [5, 5.41) is 3.63. The number of hydrogen-bond acceptors (Lipinski definition) is 5. The number of halogens is 3. The molecule has 186 valence electrons. The molecule has 0 aliphatic heterocycles. The third-order valence-corrected chi connectivity index (χ3v) is 6.54. The van der Waals surface area contributed by atoms with E-state index in [1.54, 1.807) is 6.20 Å². The standard InChI is InChI=1S/C28H22F3N5O/c1-16-2-3-20-12-22(10-11-23(20)34-16)36-14-21-13-32-27(33-15-28(29,30)31)35-25(21)24(26(36)37)19-8-6-18(7-9-19)17-4-5-17/h2-3,6-14,17H,4-5,15H2,1H3,(H,33,35). The topological polar surface area (TPSA) is 72.7 Å². The molecular weight excluding hydrogens is 479 g/mol. The summed E-state index contributed by atoms with van der Waals surface area (Å²) < 4.78 is 39.8. The summed E-state index contributed by atoms with van der Waals surface area (Å²) in [5.41, 5.74) is 4.48. The molecule has 6 nitrogen and oxygen atoms in total. The summed E-state index contributed by atoms with van der Waals surface area (Å²) in [6.45, 7) is 0.644. The fourth-order valence-corrected chi connectivity index (χ4v) is 4.53. The Bertz CT molecular complexity index is 1710. The molecule has 1 saturated carbocycles. The first-order chi connectivity index (χ1) is 17.7. The van der Waals surface area contributed by atoms with Gasteiger partial charge in [0.1, 0.15) is 6.54 Å². The highest BCUT2D eigenvalue weighted by Crippen LogP contribution is 2.40. The number of pyridine rings is 2. The Morgan fingerprint density at radius 3 is 2.51 bits per heavy atom. The minimum atomic E-state index is -4.42. The van der Waals surface area contributed by atoms with Crippen molar-refractivity contribution < 1.29 is 13.2 Å². The van der Waals surface area contributed by atoms with Crippen LogP contribution >= 0.6 is 0 Å². The van der Waals surface area contributed by atoms with Crippen molar-refractivity contribution in [3.63, 3.8) is 0 Å². The van der Waals surface area contributed by atoms with Gasteiger partial charge in [0.15, 0.2) is 0 Å². The molecule has 0 bridgehead atoms. The number of alkyl halides is 3. The van der Waals surface area contributed by atoms with Gasteiger partial charge in [-0.05, 0) is 61.1 Å². The third-order valence-electron chi connectivity index (χ3n) is 6.54. The summed E-state index contributed by atoms with van der Waals surface area (Å²) in [6.07, 6.45) is 0.935. The van der Waals surface area contributed by atoms with Gasteiger partial charge in [0.05, 0.1) is 16.6 Å². The zero-order chi connectivity index (χ0) is 25.7. The number of anilines is 1. The molecule has 1 aliphatic carbocycles. The average Bonchev–Trinajstić information content (AvgIpc) is 3.72. The molecule has 5 aromatic rings. The van der Waals surface area contributed by atoms with Crippen LogP contribution in [0.4, 0.5) is 19.1 Å². The first kappa shape index (κ1) is 23.1. The van der Waals surface area contributed by atoms with Crippen molar-refractivity contribution in [2.45, 2.75) is 31.9 Å². The minimum absolute atomic E-state index is 0.190. The second-order valence-corrected chi connectivity index (χ2v) is 9.37. The van der Waals surface area contributed by atoms with Crippen LogP contribution in [0.15, 0.2) is 71.8 Å². The van der Waals surface area contributed by atoms with Gasteiger partial charge in [-0.2, -0.15) is 13.2 Å². The van der Waals surface area contributed by atoms with Gasteiger partial charge < -0.3 is 5.32 Å². The number of aromatic nitrogens is 4. The molecule has 37 heavy (non-hydrogen) atoms. The molecule has 0 spiro atoms. The van der Waals surface area contributed by atoms with E-state index in [2.05, 4.69) is 20.3 Å². The van der Waals surface area contributed by atoms with Crippen molar-refractivity contribution in [2.24, 2.45) is 0 Å². The molecule has 0 unspecified atom stereocenters. The van der Waals surface area contributed by atoms with Gasteiger partial charge in [-0.1, -0.05) is 30.3 Å². The lowest BCUT2D eigenvalue weighted by molar-refractivity contribution is -0.115. The lowest BCUT2D eigenvalue weighted by atomic mass is 10.0. The predicted octanol–water partition coefficient (Wildman–Crippen LogP) is 6.16. The molecule has 3 heterocycles. The Hall–Kier alpha value is -4.27. The maximum Gasteiger partial charge on any atom is 0.405 e. The van der Waals surface area contributed by atoms with Crippen molar-refractivity contribution in [3.8, 4) is 16.8 Å². The molecule has 0 amide bonds. The van der Waals surface area contributed by atoms with Crippen molar-refractivity contribution in [2.75, 3.05) is 11.9 Å². The molecule has 3 aromatic heterocycles. The highest BCUT2D eigenvalue weighted by atomic mass is 19.4. The summed E-state index contributed by atoms with van der Waals surface area (Å²) in [5.74, 6) is 0.360. The average molecular weight is 502 g/mol. The maximum atomic E-state index is 13.9. The molecule has 1 N–H and O–H groups in total. The van der Waals surface area contributed by atoms with Gasteiger partial charge in [-0.25, -0.2) is 9.97 Å². The Kier molecular flexibility index (Phi) is 5.43. The van der Waals surface area contributed by atoms with Gasteiger partial charge in [-0.15, -0.1) is 0 Å². The molecule has 0 radical (unpaired) electrons. The van der Waals surface area contributed by atoms with Gasteiger partial charge >= 0.3 is 6.18 Å². The third kappa shape index (κ3) is 4.64. The van der Waals surface area contributed by atoms with Crippen LogP contribution in [0.3, 0.4) is 0 Å². The number of aryl methyl sites for hydroxylation is 1. The normalized spacial score (nSPS) is 13.8. The van der Waals surface area contributed by atoms with Crippen LogP contribution in [0.1, 0.15) is 30.0 Å². The van der Waals surface area contributed by atoms with Crippen molar-refractivity contribution >= 4 is 27.8 Å². The Morgan fingerprint density at radius 1 is 1.00 bits per heavy atom. The smallest absolute Gasteiger partial charge is 0.345 e. The molecule has 1 aliphatic rings. The van der Waals surface area contributed by atoms with Crippen LogP contribution in [0, 0.1) is 6.92 Å². The summed E-state index contributed by atoms with van der Waals surface area (Å²) >= 11 is 0. The van der Waals surface area contributed by atoms with Crippen LogP contribution < -0.4 is 10.9 Å². The van der Waals surface area contributed by atoms with E-state index in [1.807, 2.05) is 61.5 Å². The first-order valence-corrected chi connectivity index (χ1v) is 12.0. The Morgan fingerprint density at radius 2 is 1.78 bits per heavy atom. The molecular formula is C28H22F3N5O. The second kappa shape index (κ2) is 8.69. The summed E-state index contributed by atoms with van der Waals surface area (Å²) in [4.78, 5) is 26.8. The number of nitrogens with zero attached hydrogens (tertiary/aromatic N) is 4. The van der Waals surface area contributed by atoms with E-state index in [-0.39, 0.29) is 17.0 Å². The molecule has 2 aromatic carbocycles. The quantitative estimate of drug-likeness (QED) is 0.313. The van der Waals surface area contributed by atoms with Gasteiger partial charge in [-0.3, -0.25) is 14.3 Å². The SMILES string of the molecule is Cc1ccc2cc(-n3cc4cnc(NCC(F)(F)F)nc4c(-c4ccc(C5CC5)cc4)c3=O)ccc2n1. The van der Waals surface area contributed by atoms with Crippen molar-refractivity contribution in [3.05, 3.63) is 88.6 Å². The van der Waals surface area contributed by atoms with Crippen LogP contribution in [0.2, 0.25) is 0 Å². The molecule has 0 atom stereocenters. The number of rotatable bonds is 5. The fraction of sp³-hybridized carbons (Fsp3) is 0.214. The second-order valence-electron chi connectivity index (χ2n) is 9.37. The zero-order valence-electron chi connectivity index (χ0n) is 19.9. The van der Waals surface area contributed by atoms with Gasteiger partial charge in [0, 0.05) is 34.5 Å². The number of hydrogen-bond donors (Lipinski definition) is 1. The van der Waals surface area contributed by atoms with Crippen molar-refractivity contribution in [1.82, 2.24) is 19.5 Å². The maximum absolute atomic E-state index is 13.9. The van der Waals surface area contributed by atoms with E-state index in [0.717, 1.165) is 29.4 Å². The van der Waals surface area contributed by atoms with Crippen LogP contribution in [-0.4, -0.2) is 32.2 Å². The van der Waals surface area contributed by atoms with Gasteiger partial charge in [0.2, 0.25) is 5.95 Å². The minimum Gasteiger partial charge on any atom is -0.345 e. The molecule has 0 saturated heterocycles. The monoisotopic (exact) mass is 501 g/mol. The zero-order valence-corrected chi connectivity index (χ0v) is 19.9. The molecule has 6 rings (SSSR count). The van der Waals surface area contributed by atoms with Crippen LogP contribution in [-0.2, 0) is 0 Å². The Balaban J connectivity index is 1.53. The van der Waals surface area contributed by atoms with Crippen LogP contribution in [0.25, 0.3) is 38.6 Å². The van der Waals surface area contributed by atoms with Crippen molar-refractivity contribution in [1.29, 1.82) is 0 Å². The van der Waals surface area contributed by atoms with E-state index in [9.17, 15) is 18.0 Å². The largest absolute Gasteiger partial charge is 0.405 e. The summed E-state index contributed by atoms with van der Waals surface area (Å²) in [7, 11) is 0. The lowest BCUT2D eigenvalue weighted by Crippen LogP contribution is -2.23. The Labute approximate surface area is 209 Å².